The van der Waals surface area contributed by atoms with Crippen molar-refractivity contribution in [2.75, 3.05) is 7.05 Å². The van der Waals surface area contributed by atoms with Gasteiger partial charge in [-0.2, -0.15) is 5.10 Å². The van der Waals surface area contributed by atoms with E-state index in [0.29, 0.717) is 12.1 Å². The Labute approximate surface area is 177 Å². The summed E-state index contributed by atoms with van der Waals surface area (Å²) in [6, 6.07) is 9.52. The van der Waals surface area contributed by atoms with Crippen LogP contribution in [-0.2, 0) is 6.67 Å². The van der Waals surface area contributed by atoms with Gasteiger partial charge in [0.05, 0.1) is 12.7 Å². The molecule has 0 amide bonds. The van der Waals surface area contributed by atoms with Crippen LogP contribution in [0.25, 0.3) is 5.69 Å². The third-order valence-electron chi connectivity index (χ3n) is 6.64. The fourth-order valence-electron chi connectivity index (χ4n) is 4.49. The fraction of sp³-hybridized carbons (Fsp3) is 0.500. The van der Waals surface area contributed by atoms with E-state index in [-0.39, 0.29) is 0 Å². The highest BCUT2D eigenvalue weighted by atomic mass is 32.1. The molecule has 1 aromatic carbocycles. The third kappa shape index (κ3) is 3.81. The van der Waals surface area contributed by atoms with Crippen molar-refractivity contribution in [1.29, 1.82) is 0 Å². The Kier molecular flexibility index (Phi) is 5.69. The summed E-state index contributed by atoms with van der Waals surface area (Å²) in [5, 5.41) is 4.20. The standard InChI is InChI=1S/C22H30N6S/c1-16-17(2)28(21-7-5-6-8-21)22(29)26(16)15-25(4)18(3)19-9-11-20(12-10-19)27-14-23-13-24-27/h9-14,18,21H,5-8,15H2,1-4H3/p+1/t18-/m0/s1. The van der Waals surface area contributed by atoms with Gasteiger partial charge in [-0.05, 0) is 58.0 Å². The first kappa shape index (κ1) is 20.0. The molecule has 1 aliphatic carbocycles. The lowest BCUT2D eigenvalue weighted by molar-refractivity contribution is -0.932. The maximum Gasteiger partial charge on any atom is 0.184 e. The number of nitrogens with one attached hydrogen (secondary N) is 1. The van der Waals surface area contributed by atoms with E-state index < -0.39 is 0 Å². The van der Waals surface area contributed by atoms with Gasteiger partial charge in [0.1, 0.15) is 18.7 Å². The largest absolute Gasteiger partial charge is 0.318 e. The summed E-state index contributed by atoms with van der Waals surface area (Å²) in [5.41, 5.74) is 4.97. The van der Waals surface area contributed by atoms with Crippen molar-refractivity contribution in [3.8, 4) is 5.69 Å². The number of quaternary nitrogens is 1. The highest BCUT2D eigenvalue weighted by molar-refractivity contribution is 7.71. The van der Waals surface area contributed by atoms with Crippen molar-refractivity contribution in [2.24, 2.45) is 0 Å². The Bertz CT molecular complexity index is 1010. The normalized spacial score (nSPS) is 17.0. The average molecular weight is 412 g/mol. The van der Waals surface area contributed by atoms with E-state index >= 15 is 0 Å². The second-order valence-electron chi connectivity index (χ2n) is 8.35. The molecule has 7 heteroatoms. The molecule has 0 aliphatic heterocycles. The van der Waals surface area contributed by atoms with Crippen molar-refractivity contribution in [3.05, 3.63) is 58.6 Å². The number of aromatic nitrogens is 5. The van der Waals surface area contributed by atoms with Crippen LogP contribution in [0, 0.1) is 18.6 Å². The Hall–Kier alpha value is -2.25. The van der Waals surface area contributed by atoms with E-state index in [2.05, 4.69) is 71.3 Å². The zero-order valence-corrected chi connectivity index (χ0v) is 18.6. The summed E-state index contributed by atoms with van der Waals surface area (Å²) in [6.07, 6.45) is 8.44. The summed E-state index contributed by atoms with van der Waals surface area (Å²) >= 11 is 5.92. The van der Waals surface area contributed by atoms with Crippen LogP contribution in [0.3, 0.4) is 0 Å². The van der Waals surface area contributed by atoms with Crippen molar-refractivity contribution in [2.45, 2.75) is 65.2 Å². The minimum atomic E-state index is 0.358. The van der Waals surface area contributed by atoms with Gasteiger partial charge in [-0.15, -0.1) is 0 Å². The number of hydrogen-bond donors (Lipinski definition) is 1. The second-order valence-corrected chi connectivity index (χ2v) is 8.71. The summed E-state index contributed by atoms with van der Waals surface area (Å²) < 4.78 is 7.52. The Morgan fingerprint density at radius 2 is 1.83 bits per heavy atom. The molecule has 154 valence electrons. The van der Waals surface area contributed by atoms with Crippen molar-refractivity contribution >= 4 is 12.2 Å². The van der Waals surface area contributed by atoms with Gasteiger partial charge in [-0.3, -0.25) is 4.57 Å². The minimum Gasteiger partial charge on any atom is -0.318 e. The molecule has 2 aromatic heterocycles. The zero-order chi connectivity index (χ0) is 20.5. The zero-order valence-electron chi connectivity index (χ0n) is 17.8. The van der Waals surface area contributed by atoms with Gasteiger partial charge in [-0.25, -0.2) is 9.67 Å². The lowest BCUT2D eigenvalue weighted by Gasteiger charge is -2.23. The van der Waals surface area contributed by atoms with Crippen molar-refractivity contribution in [1.82, 2.24) is 23.9 Å². The van der Waals surface area contributed by atoms with Gasteiger partial charge < -0.3 is 9.47 Å². The first-order valence-corrected chi connectivity index (χ1v) is 10.9. The predicted molar refractivity (Wildman–Crippen MR) is 117 cm³/mol. The van der Waals surface area contributed by atoms with E-state index in [4.69, 9.17) is 12.2 Å². The topological polar surface area (TPSA) is 45.0 Å². The molecule has 0 saturated heterocycles. The maximum atomic E-state index is 5.92. The number of hydrogen-bond acceptors (Lipinski definition) is 3. The van der Waals surface area contributed by atoms with Crippen molar-refractivity contribution < 1.29 is 4.90 Å². The Balaban J connectivity index is 1.52. The van der Waals surface area contributed by atoms with Crippen LogP contribution in [0.5, 0.6) is 0 Å². The van der Waals surface area contributed by atoms with Gasteiger partial charge in [-0.1, -0.05) is 25.0 Å². The molecule has 1 fully saturated rings. The molecule has 0 radical (unpaired) electrons. The van der Waals surface area contributed by atoms with Gasteiger partial charge in [0.25, 0.3) is 0 Å². The van der Waals surface area contributed by atoms with Gasteiger partial charge in [0.2, 0.25) is 0 Å². The number of benzene rings is 1. The van der Waals surface area contributed by atoms with Crippen LogP contribution >= 0.6 is 12.2 Å². The highest BCUT2D eigenvalue weighted by Gasteiger charge is 2.24. The lowest BCUT2D eigenvalue weighted by atomic mass is 10.1. The maximum absolute atomic E-state index is 5.92. The lowest BCUT2D eigenvalue weighted by Crippen LogP contribution is -3.08. The predicted octanol–water partition coefficient (Wildman–Crippen LogP) is 3.57. The Morgan fingerprint density at radius 1 is 1.14 bits per heavy atom. The third-order valence-corrected chi connectivity index (χ3v) is 7.06. The van der Waals surface area contributed by atoms with Crippen molar-refractivity contribution in [3.63, 3.8) is 0 Å². The number of nitrogens with zero attached hydrogens (tertiary/aromatic N) is 5. The SMILES string of the molecule is Cc1c(C)n(C2CCCC2)c(=S)n1C[NH+](C)[C@@H](C)c1ccc(-n2cncn2)cc1. The molecule has 2 heterocycles. The van der Waals surface area contributed by atoms with E-state index in [0.717, 1.165) is 17.1 Å². The molecule has 0 spiro atoms. The summed E-state index contributed by atoms with van der Waals surface area (Å²) in [5.74, 6) is 0. The summed E-state index contributed by atoms with van der Waals surface area (Å²) in [4.78, 5) is 5.44. The second kappa shape index (κ2) is 8.24. The van der Waals surface area contributed by atoms with Gasteiger partial charge in [0.15, 0.2) is 11.4 Å². The number of rotatable bonds is 6. The molecule has 1 unspecified atom stereocenters. The summed E-state index contributed by atoms with van der Waals surface area (Å²) in [6.45, 7) is 7.58. The molecule has 2 atom stereocenters. The molecule has 6 nitrogen and oxygen atoms in total. The van der Waals surface area contributed by atoms with E-state index in [1.807, 2.05) is 0 Å². The first-order chi connectivity index (χ1) is 14.0. The highest BCUT2D eigenvalue weighted by Crippen LogP contribution is 2.32. The molecule has 1 aliphatic rings. The van der Waals surface area contributed by atoms with E-state index in [1.54, 1.807) is 17.3 Å². The first-order valence-electron chi connectivity index (χ1n) is 10.5. The monoisotopic (exact) mass is 411 g/mol. The molecule has 0 bridgehead atoms. The Morgan fingerprint density at radius 3 is 2.45 bits per heavy atom. The fourth-order valence-corrected chi connectivity index (χ4v) is 4.98. The quantitative estimate of drug-likeness (QED) is 0.631. The van der Waals surface area contributed by atoms with Crippen LogP contribution < -0.4 is 4.90 Å². The molecule has 4 rings (SSSR count). The molecule has 3 aromatic rings. The van der Waals surface area contributed by atoms with Crippen LogP contribution in [0.15, 0.2) is 36.9 Å². The van der Waals surface area contributed by atoms with Crippen LogP contribution in [-0.4, -0.2) is 30.9 Å². The molecular weight excluding hydrogens is 380 g/mol. The van der Waals surface area contributed by atoms with Crippen LogP contribution in [0.1, 0.15) is 61.6 Å². The number of imidazole rings is 1. The minimum absolute atomic E-state index is 0.358. The van der Waals surface area contributed by atoms with Crippen LogP contribution in [0.2, 0.25) is 0 Å². The molecule has 29 heavy (non-hydrogen) atoms. The molecule has 1 N–H and O–H groups in total. The molecule has 1 saturated carbocycles. The van der Waals surface area contributed by atoms with E-state index in [9.17, 15) is 0 Å². The smallest absolute Gasteiger partial charge is 0.184 e. The summed E-state index contributed by atoms with van der Waals surface area (Å²) in [7, 11) is 2.25. The average Bonchev–Trinajstić information content (AvgIpc) is 3.48. The van der Waals surface area contributed by atoms with Gasteiger partial charge >= 0.3 is 0 Å². The van der Waals surface area contributed by atoms with Crippen LogP contribution in [0.4, 0.5) is 0 Å². The van der Waals surface area contributed by atoms with E-state index in [1.165, 1.54) is 47.5 Å². The molecular formula is C22H31N6S+. The van der Waals surface area contributed by atoms with Gasteiger partial charge in [0, 0.05) is 23.0 Å².